The Bertz CT molecular complexity index is 461. The molecule has 0 radical (unpaired) electrons. The molecule has 1 fully saturated rings. The summed E-state index contributed by atoms with van der Waals surface area (Å²) >= 11 is 0. The fraction of sp³-hybridized carbons (Fsp3) is 0.562. The van der Waals surface area contributed by atoms with Crippen molar-refractivity contribution in [2.45, 2.75) is 19.9 Å². The molecular weight excluding hydrogens is 271 g/mol. The topological polar surface area (TPSA) is 41.6 Å². The van der Waals surface area contributed by atoms with Crippen molar-refractivity contribution in [2.24, 2.45) is 5.92 Å². The molecule has 5 heteroatoms. The number of benzene rings is 1. The van der Waals surface area contributed by atoms with Crippen LogP contribution in [-0.4, -0.2) is 43.7 Å². The highest BCUT2D eigenvalue weighted by molar-refractivity contribution is 5.78. The van der Waals surface area contributed by atoms with Gasteiger partial charge < -0.3 is 10.1 Å². The first-order chi connectivity index (χ1) is 10.2. The van der Waals surface area contributed by atoms with Crippen molar-refractivity contribution in [2.75, 3.05) is 32.8 Å². The van der Waals surface area contributed by atoms with Gasteiger partial charge in [-0.05, 0) is 24.9 Å². The second-order valence-electron chi connectivity index (χ2n) is 5.43. The molecule has 1 aliphatic heterocycles. The van der Waals surface area contributed by atoms with Crippen molar-refractivity contribution in [1.82, 2.24) is 10.2 Å². The average Bonchev–Trinajstić information content (AvgIpc) is 2.98. The quantitative estimate of drug-likeness (QED) is 0.834. The van der Waals surface area contributed by atoms with E-state index in [1.807, 2.05) is 6.92 Å². The zero-order valence-corrected chi connectivity index (χ0v) is 12.5. The molecule has 1 aromatic rings. The summed E-state index contributed by atoms with van der Waals surface area (Å²) in [6.45, 7) is 5.93. The van der Waals surface area contributed by atoms with Crippen molar-refractivity contribution in [3.8, 4) is 0 Å². The first-order valence-corrected chi connectivity index (χ1v) is 7.49. The van der Waals surface area contributed by atoms with Gasteiger partial charge in [0.1, 0.15) is 5.82 Å². The van der Waals surface area contributed by atoms with Gasteiger partial charge in [0.05, 0.1) is 13.2 Å². The lowest BCUT2D eigenvalue weighted by Crippen LogP contribution is -2.39. The molecule has 0 spiro atoms. The van der Waals surface area contributed by atoms with Gasteiger partial charge in [-0.1, -0.05) is 25.1 Å². The molecule has 1 unspecified atom stereocenters. The Kier molecular flexibility index (Phi) is 6.14. The maximum Gasteiger partial charge on any atom is 0.234 e. The number of ether oxygens (including phenoxy) is 1. The lowest BCUT2D eigenvalue weighted by atomic mass is 10.1. The molecule has 1 aliphatic rings. The van der Waals surface area contributed by atoms with E-state index in [1.54, 1.807) is 18.2 Å². The van der Waals surface area contributed by atoms with Crippen LogP contribution in [0.4, 0.5) is 4.39 Å². The standard InChI is InChI=1S/C16H23FN2O2/c1-2-19(10-13-7-8-21-12-13)11-16(20)18-9-14-5-3-4-6-15(14)17/h3-6,13H,2,7-12H2,1H3,(H,18,20). The van der Waals surface area contributed by atoms with Gasteiger partial charge in [-0.3, -0.25) is 9.69 Å². The molecule has 2 rings (SSSR count). The van der Waals surface area contributed by atoms with Gasteiger partial charge in [-0.2, -0.15) is 0 Å². The van der Waals surface area contributed by atoms with Crippen LogP contribution < -0.4 is 5.32 Å². The van der Waals surface area contributed by atoms with Crippen LogP contribution in [0.5, 0.6) is 0 Å². The fourth-order valence-electron chi connectivity index (χ4n) is 2.49. The Hall–Kier alpha value is -1.46. The van der Waals surface area contributed by atoms with Gasteiger partial charge in [0.15, 0.2) is 0 Å². The summed E-state index contributed by atoms with van der Waals surface area (Å²) in [4.78, 5) is 14.1. The first-order valence-electron chi connectivity index (χ1n) is 7.49. The second-order valence-corrected chi connectivity index (χ2v) is 5.43. The Labute approximate surface area is 125 Å². The molecular formula is C16H23FN2O2. The van der Waals surface area contributed by atoms with Gasteiger partial charge in [-0.25, -0.2) is 4.39 Å². The monoisotopic (exact) mass is 294 g/mol. The molecule has 1 aromatic carbocycles. The highest BCUT2D eigenvalue weighted by Crippen LogP contribution is 2.13. The fourth-order valence-corrected chi connectivity index (χ4v) is 2.49. The predicted octanol–water partition coefficient (Wildman–Crippen LogP) is 1.80. The van der Waals surface area contributed by atoms with Crippen LogP contribution in [-0.2, 0) is 16.1 Å². The zero-order chi connectivity index (χ0) is 15.1. The maximum absolute atomic E-state index is 13.5. The third-order valence-electron chi connectivity index (χ3n) is 3.79. The van der Waals surface area contributed by atoms with E-state index >= 15 is 0 Å². The number of halogens is 1. The minimum absolute atomic E-state index is 0.0704. The highest BCUT2D eigenvalue weighted by atomic mass is 19.1. The Morgan fingerprint density at radius 2 is 2.29 bits per heavy atom. The number of hydrogen-bond donors (Lipinski definition) is 1. The van der Waals surface area contributed by atoms with Crippen molar-refractivity contribution < 1.29 is 13.9 Å². The maximum atomic E-state index is 13.5. The number of carbonyl (C=O) groups excluding carboxylic acids is 1. The summed E-state index contributed by atoms with van der Waals surface area (Å²) in [6.07, 6.45) is 1.06. The van der Waals surface area contributed by atoms with Crippen LogP contribution >= 0.6 is 0 Å². The minimum atomic E-state index is -0.284. The number of amides is 1. The summed E-state index contributed by atoms with van der Waals surface area (Å²) in [6, 6.07) is 6.50. The van der Waals surface area contributed by atoms with Crippen LogP contribution in [0.15, 0.2) is 24.3 Å². The van der Waals surface area contributed by atoms with E-state index < -0.39 is 0 Å². The van der Waals surface area contributed by atoms with Gasteiger partial charge in [0, 0.05) is 25.3 Å². The zero-order valence-electron chi connectivity index (χ0n) is 12.5. The smallest absolute Gasteiger partial charge is 0.234 e. The average molecular weight is 294 g/mol. The Morgan fingerprint density at radius 3 is 2.95 bits per heavy atom. The van der Waals surface area contributed by atoms with Crippen molar-refractivity contribution in [3.63, 3.8) is 0 Å². The summed E-state index contributed by atoms with van der Waals surface area (Å²) in [7, 11) is 0. The van der Waals surface area contributed by atoms with E-state index in [2.05, 4.69) is 10.2 Å². The molecule has 1 saturated heterocycles. The van der Waals surface area contributed by atoms with E-state index in [9.17, 15) is 9.18 Å². The predicted molar refractivity (Wildman–Crippen MR) is 79.3 cm³/mol. The number of likely N-dealkylation sites (N-methyl/N-ethyl adjacent to an activating group) is 1. The highest BCUT2D eigenvalue weighted by Gasteiger charge is 2.19. The lowest BCUT2D eigenvalue weighted by Gasteiger charge is -2.22. The number of rotatable bonds is 7. The van der Waals surface area contributed by atoms with Crippen LogP contribution in [0.1, 0.15) is 18.9 Å². The van der Waals surface area contributed by atoms with Gasteiger partial charge >= 0.3 is 0 Å². The van der Waals surface area contributed by atoms with E-state index in [4.69, 9.17) is 4.74 Å². The summed E-state index contributed by atoms with van der Waals surface area (Å²) in [5.41, 5.74) is 0.512. The summed E-state index contributed by atoms with van der Waals surface area (Å²) in [5.74, 6) is 0.164. The van der Waals surface area contributed by atoms with Gasteiger partial charge in [0.2, 0.25) is 5.91 Å². The van der Waals surface area contributed by atoms with Crippen LogP contribution in [0.3, 0.4) is 0 Å². The molecule has 0 aliphatic carbocycles. The molecule has 1 atom stereocenters. The number of nitrogens with zero attached hydrogens (tertiary/aromatic N) is 1. The van der Waals surface area contributed by atoms with Crippen molar-refractivity contribution >= 4 is 5.91 Å². The summed E-state index contributed by atoms with van der Waals surface area (Å²) < 4.78 is 18.8. The van der Waals surface area contributed by atoms with Crippen molar-refractivity contribution in [1.29, 1.82) is 0 Å². The molecule has 116 valence electrons. The van der Waals surface area contributed by atoms with Gasteiger partial charge in [-0.15, -0.1) is 0 Å². The SMILES string of the molecule is CCN(CC(=O)NCc1ccccc1F)CC1CCOC1. The number of hydrogen-bond acceptors (Lipinski definition) is 3. The van der Waals surface area contributed by atoms with E-state index in [0.29, 0.717) is 18.0 Å². The Morgan fingerprint density at radius 1 is 1.48 bits per heavy atom. The number of nitrogens with one attached hydrogen (secondary N) is 1. The van der Waals surface area contributed by atoms with E-state index in [-0.39, 0.29) is 18.3 Å². The number of carbonyl (C=O) groups is 1. The largest absolute Gasteiger partial charge is 0.381 e. The molecule has 1 heterocycles. The summed E-state index contributed by atoms with van der Waals surface area (Å²) in [5, 5.41) is 2.78. The normalized spacial score (nSPS) is 18.1. The van der Waals surface area contributed by atoms with E-state index in [0.717, 1.165) is 32.7 Å². The van der Waals surface area contributed by atoms with Crippen LogP contribution in [0.25, 0.3) is 0 Å². The third kappa shape index (κ3) is 5.10. The molecule has 1 N–H and O–H groups in total. The second kappa shape index (κ2) is 8.10. The molecule has 0 aromatic heterocycles. The van der Waals surface area contributed by atoms with Crippen LogP contribution in [0.2, 0.25) is 0 Å². The molecule has 4 nitrogen and oxygen atoms in total. The molecule has 0 saturated carbocycles. The van der Waals surface area contributed by atoms with Crippen LogP contribution in [0, 0.1) is 11.7 Å². The van der Waals surface area contributed by atoms with Crippen molar-refractivity contribution in [3.05, 3.63) is 35.6 Å². The molecule has 1 amide bonds. The van der Waals surface area contributed by atoms with E-state index in [1.165, 1.54) is 6.07 Å². The molecule has 0 bridgehead atoms. The first kappa shape index (κ1) is 15.9. The lowest BCUT2D eigenvalue weighted by molar-refractivity contribution is -0.122. The third-order valence-corrected chi connectivity index (χ3v) is 3.79. The Balaban J connectivity index is 1.75. The minimum Gasteiger partial charge on any atom is -0.381 e. The molecule has 21 heavy (non-hydrogen) atoms. The van der Waals surface area contributed by atoms with Gasteiger partial charge in [0.25, 0.3) is 0 Å².